The number of benzene rings is 3. The molecule has 3 aromatic carbocycles. The summed E-state index contributed by atoms with van der Waals surface area (Å²) in [5, 5.41) is 0.662. The van der Waals surface area contributed by atoms with E-state index in [0.29, 0.717) is 34.4 Å². The minimum absolute atomic E-state index is 0.103. The molecule has 160 valence electrons. The van der Waals surface area contributed by atoms with Crippen LogP contribution < -0.4 is 14.2 Å². The van der Waals surface area contributed by atoms with Gasteiger partial charge in [-0.25, -0.2) is 0 Å². The van der Waals surface area contributed by atoms with Crippen molar-refractivity contribution in [2.75, 3.05) is 27.9 Å². The van der Waals surface area contributed by atoms with Crippen LogP contribution in [0.4, 0.5) is 0 Å². The number of hydrogen-bond acceptors (Lipinski definition) is 4. The van der Waals surface area contributed by atoms with Crippen molar-refractivity contribution in [2.45, 2.75) is 12.5 Å². The van der Waals surface area contributed by atoms with E-state index in [4.69, 9.17) is 25.8 Å². The number of rotatable bonds is 5. The number of amides is 1. The van der Waals surface area contributed by atoms with Crippen LogP contribution in [0.1, 0.15) is 33.1 Å². The van der Waals surface area contributed by atoms with Crippen molar-refractivity contribution in [3.63, 3.8) is 0 Å². The molecule has 0 fully saturated rings. The van der Waals surface area contributed by atoms with Crippen molar-refractivity contribution in [1.29, 1.82) is 0 Å². The first-order valence-electron chi connectivity index (χ1n) is 10.0. The number of methoxy groups -OCH3 is 3. The second-order valence-electron chi connectivity index (χ2n) is 7.32. The molecule has 6 heteroatoms. The first-order chi connectivity index (χ1) is 15.1. The predicted octanol–water partition coefficient (Wildman–Crippen LogP) is 5.15. The lowest BCUT2D eigenvalue weighted by atomic mass is 9.87. The quantitative estimate of drug-likeness (QED) is 0.553. The molecule has 0 saturated carbocycles. The predicted molar refractivity (Wildman–Crippen MR) is 121 cm³/mol. The number of carbonyl (C=O) groups excluding carboxylic acids is 1. The Hall–Kier alpha value is -3.18. The minimum Gasteiger partial charge on any atom is -0.493 e. The van der Waals surface area contributed by atoms with Crippen molar-refractivity contribution in [2.24, 2.45) is 0 Å². The summed E-state index contributed by atoms with van der Waals surface area (Å²) in [7, 11) is 4.62. The molecule has 0 aromatic heterocycles. The van der Waals surface area contributed by atoms with Crippen LogP contribution in [0.25, 0.3) is 0 Å². The maximum Gasteiger partial charge on any atom is 0.254 e. The zero-order valence-electron chi connectivity index (χ0n) is 17.7. The summed E-state index contributed by atoms with van der Waals surface area (Å²) >= 11 is 6.12. The van der Waals surface area contributed by atoms with Gasteiger partial charge in [0.25, 0.3) is 5.91 Å². The molecule has 0 aliphatic carbocycles. The lowest BCUT2D eigenvalue weighted by Gasteiger charge is -2.38. The van der Waals surface area contributed by atoms with Crippen LogP contribution in [-0.2, 0) is 6.42 Å². The maximum atomic E-state index is 13.7. The fourth-order valence-electron chi connectivity index (χ4n) is 4.16. The van der Waals surface area contributed by atoms with E-state index in [2.05, 4.69) is 12.1 Å². The normalized spacial score (nSPS) is 15.2. The Bertz CT molecular complexity index is 1070. The number of ether oxygens (including phenoxy) is 3. The van der Waals surface area contributed by atoms with Crippen molar-refractivity contribution < 1.29 is 19.0 Å². The number of halogens is 1. The number of carbonyl (C=O) groups is 1. The molecule has 1 unspecified atom stereocenters. The largest absolute Gasteiger partial charge is 0.493 e. The molecule has 1 heterocycles. The monoisotopic (exact) mass is 437 g/mol. The van der Waals surface area contributed by atoms with Crippen LogP contribution in [-0.4, -0.2) is 38.7 Å². The highest BCUT2D eigenvalue weighted by Crippen LogP contribution is 2.41. The summed E-state index contributed by atoms with van der Waals surface area (Å²) in [4.78, 5) is 15.6. The van der Waals surface area contributed by atoms with Gasteiger partial charge in [-0.15, -0.1) is 0 Å². The molecule has 0 spiro atoms. The van der Waals surface area contributed by atoms with Gasteiger partial charge in [0.1, 0.15) is 0 Å². The first kappa shape index (κ1) is 21.1. The van der Waals surface area contributed by atoms with Gasteiger partial charge in [0.05, 0.1) is 27.4 Å². The molecular weight excluding hydrogens is 414 g/mol. The molecule has 5 nitrogen and oxygen atoms in total. The number of nitrogens with zero attached hydrogens (tertiary/aromatic N) is 1. The summed E-state index contributed by atoms with van der Waals surface area (Å²) in [5.41, 5.74) is 3.86. The summed E-state index contributed by atoms with van der Waals surface area (Å²) < 4.78 is 16.3. The highest BCUT2D eigenvalue weighted by Gasteiger charge is 2.33. The van der Waals surface area contributed by atoms with Gasteiger partial charge in [-0.2, -0.15) is 0 Å². The third-order valence-electron chi connectivity index (χ3n) is 5.64. The van der Waals surface area contributed by atoms with E-state index in [-0.39, 0.29) is 11.9 Å². The van der Waals surface area contributed by atoms with Gasteiger partial charge in [-0.1, -0.05) is 48.0 Å². The van der Waals surface area contributed by atoms with Crippen LogP contribution in [0, 0.1) is 0 Å². The van der Waals surface area contributed by atoms with Gasteiger partial charge in [0.2, 0.25) is 5.75 Å². The molecule has 1 atom stereocenters. The van der Waals surface area contributed by atoms with Crippen LogP contribution in [0.3, 0.4) is 0 Å². The molecule has 0 N–H and O–H groups in total. The minimum atomic E-state index is -0.214. The molecule has 3 aromatic rings. The van der Waals surface area contributed by atoms with E-state index >= 15 is 0 Å². The second-order valence-corrected chi connectivity index (χ2v) is 7.75. The van der Waals surface area contributed by atoms with Crippen LogP contribution in [0.15, 0.2) is 60.7 Å². The van der Waals surface area contributed by atoms with Crippen molar-refractivity contribution in [3.8, 4) is 17.2 Å². The SMILES string of the molecule is COc1cc(C(=O)N2CCc3ccccc3C2c2ccc(Cl)cc2)cc(OC)c1OC. The smallest absolute Gasteiger partial charge is 0.254 e. The summed E-state index contributed by atoms with van der Waals surface area (Å²) in [6.45, 7) is 0.597. The molecule has 0 saturated heterocycles. The summed E-state index contributed by atoms with van der Waals surface area (Å²) in [5.74, 6) is 1.25. The first-order valence-corrected chi connectivity index (χ1v) is 10.4. The Morgan fingerprint density at radius 1 is 0.935 bits per heavy atom. The summed E-state index contributed by atoms with van der Waals surface area (Å²) in [6, 6.07) is 19.1. The Balaban J connectivity index is 1.80. The van der Waals surface area contributed by atoms with Gasteiger partial charge in [0, 0.05) is 17.1 Å². The Morgan fingerprint density at radius 3 is 2.19 bits per heavy atom. The zero-order valence-corrected chi connectivity index (χ0v) is 18.5. The van der Waals surface area contributed by atoms with Gasteiger partial charge >= 0.3 is 0 Å². The van der Waals surface area contributed by atoms with Gasteiger partial charge in [0.15, 0.2) is 11.5 Å². The fourth-order valence-corrected chi connectivity index (χ4v) is 4.29. The molecule has 1 aliphatic rings. The standard InChI is InChI=1S/C25H24ClNO4/c1-29-21-14-18(15-22(30-2)24(21)31-3)25(28)27-13-12-16-6-4-5-7-20(16)23(27)17-8-10-19(26)11-9-17/h4-11,14-15,23H,12-13H2,1-3H3. The van der Waals surface area contributed by atoms with E-state index < -0.39 is 0 Å². The number of fused-ring (bicyclic) bond motifs is 1. The molecule has 0 bridgehead atoms. The van der Waals surface area contributed by atoms with Gasteiger partial charge in [-0.05, 0) is 47.4 Å². The van der Waals surface area contributed by atoms with E-state index in [1.54, 1.807) is 33.5 Å². The molecule has 31 heavy (non-hydrogen) atoms. The lowest BCUT2D eigenvalue weighted by molar-refractivity contribution is 0.0693. The third kappa shape index (κ3) is 3.93. The molecule has 1 amide bonds. The average Bonchev–Trinajstić information content (AvgIpc) is 2.82. The topological polar surface area (TPSA) is 48.0 Å². The lowest BCUT2D eigenvalue weighted by Crippen LogP contribution is -2.40. The van der Waals surface area contributed by atoms with Crippen molar-refractivity contribution in [3.05, 3.63) is 87.9 Å². The Kier molecular flexibility index (Phi) is 6.05. The molecule has 0 radical (unpaired) electrons. The van der Waals surface area contributed by atoms with Crippen molar-refractivity contribution >= 4 is 17.5 Å². The average molecular weight is 438 g/mol. The molecular formula is C25H24ClNO4. The Labute approximate surface area is 187 Å². The highest BCUT2D eigenvalue weighted by atomic mass is 35.5. The third-order valence-corrected chi connectivity index (χ3v) is 5.89. The van der Waals surface area contributed by atoms with Crippen molar-refractivity contribution in [1.82, 2.24) is 4.90 Å². The highest BCUT2D eigenvalue weighted by molar-refractivity contribution is 6.30. The molecule has 1 aliphatic heterocycles. The summed E-state index contributed by atoms with van der Waals surface area (Å²) in [6.07, 6.45) is 0.788. The van der Waals surface area contributed by atoms with Gasteiger partial charge < -0.3 is 19.1 Å². The van der Waals surface area contributed by atoms with Gasteiger partial charge in [-0.3, -0.25) is 4.79 Å². The fraction of sp³-hybridized carbons (Fsp3) is 0.240. The molecule has 4 rings (SSSR count). The van der Waals surface area contributed by atoms with E-state index in [0.717, 1.165) is 17.5 Å². The van der Waals surface area contributed by atoms with E-state index in [1.165, 1.54) is 5.56 Å². The Morgan fingerprint density at radius 2 is 1.58 bits per heavy atom. The van der Waals surface area contributed by atoms with Crippen LogP contribution in [0.5, 0.6) is 17.2 Å². The van der Waals surface area contributed by atoms with E-state index in [1.807, 2.05) is 41.3 Å². The second kappa shape index (κ2) is 8.90. The van der Waals surface area contributed by atoms with E-state index in [9.17, 15) is 4.79 Å². The van der Waals surface area contributed by atoms with Crippen LogP contribution in [0.2, 0.25) is 5.02 Å². The van der Waals surface area contributed by atoms with Crippen LogP contribution >= 0.6 is 11.6 Å². The maximum absolute atomic E-state index is 13.7. The zero-order chi connectivity index (χ0) is 22.0. The number of hydrogen-bond donors (Lipinski definition) is 0.